The van der Waals surface area contributed by atoms with Crippen molar-refractivity contribution < 1.29 is 14.7 Å². The van der Waals surface area contributed by atoms with E-state index in [4.69, 9.17) is 5.11 Å². The molecule has 0 spiro atoms. The second-order valence-corrected chi connectivity index (χ2v) is 4.13. The molecule has 0 aliphatic carbocycles. The molecule has 4 nitrogen and oxygen atoms in total. The molecule has 4 heteroatoms. The van der Waals surface area contributed by atoms with E-state index in [1.165, 1.54) is 7.05 Å². The Balaban J connectivity index is 5.02. The Bertz CT molecular complexity index is 231. The van der Waals surface area contributed by atoms with Crippen LogP contribution in [-0.2, 0) is 9.59 Å². The number of carboxylic acids is 1. The van der Waals surface area contributed by atoms with E-state index in [0.29, 0.717) is 0 Å². The van der Waals surface area contributed by atoms with Crippen LogP contribution in [0.3, 0.4) is 0 Å². The van der Waals surface area contributed by atoms with Gasteiger partial charge in [-0.1, -0.05) is 0 Å². The Labute approximate surface area is 78.3 Å². The van der Waals surface area contributed by atoms with Crippen molar-refractivity contribution in [1.82, 2.24) is 5.32 Å². The van der Waals surface area contributed by atoms with Gasteiger partial charge in [0.25, 0.3) is 0 Å². The molecular weight excluding hydrogens is 170 g/mol. The van der Waals surface area contributed by atoms with Gasteiger partial charge in [-0.15, -0.1) is 0 Å². The monoisotopic (exact) mass is 187 g/mol. The van der Waals surface area contributed by atoms with Crippen molar-refractivity contribution in [3.63, 3.8) is 0 Å². The summed E-state index contributed by atoms with van der Waals surface area (Å²) in [6.07, 6.45) is 0. The number of carbonyl (C=O) groups is 2. The average Bonchev–Trinajstić information content (AvgIpc) is 2.02. The second kappa shape index (κ2) is 3.36. The quantitative estimate of drug-likeness (QED) is 0.689. The topological polar surface area (TPSA) is 66.4 Å². The van der Waals surface area contributed by atoms with Crippen LogP contribution in [-0.4, -0.2) is 24.0 Å². The van der Waals surface area contributed by atoms with Gasteiger partial charge in [0.15, 0.2) is 0 Å². The predicted octanol–water partition coefficient (Wildman–Crippen LogP) is 0.869. The van der Waals surface area contributed by atoms with Crippen molar-refractivity contribution in [2.75, 3.05) is 7.05 Å². The Hall–Kier alpha value is -1.06. The lowest BCUT2D eigenvalue weighted by Gasteiger charge is -2.36. The van der Waals surface area contributed by atoms with Crippen molar-refractivity contribution >= 4 is 11.9 Å². The highest BCUT2D eigenvalue weighted by molar-refractivity contribution is 5.89. The van der Waals surface area contributed by atoms with Crippen molar-refractivity contribution in [1.29, 1.82) is 0 Å². The van der Waals surface area contributed by atoms with Crippen LogP contribution >= 0.6 is 0 Å². The first kappa shape index (κ1) is 11.9. The highest BCUT2D eigenvalue weighted by Crippen LogP contribution is 2.38. The third kappa shape index (κ3) is 1.82. The maximum Gasteiger partial charge on any atom is 0.310 e. The molecule has 0 heterocycles. The lowest BCUT2D eigenvalue weighted by atomic mass is 9.67. The molecule has 0 aliphatic rings. The van der Waals surface area contributed by atoms with Crippen molar-refractivity contribution in [2.24, 2.45) is 10.8 Å². The summed E-state index contributed by atoms with van der Waals surface area (Å²) in [6, 6.07) is 0. The molecule has 0 aromatic rings. The summed E-state index contributed by atoms with van der Waals surface area (Å²) >= 11 is 0. The van der Waals surface area contributed by atoms with E-state index in [0.717, 1.165) is 0 Å². The Morgan fingerprint density at radius 1 is 1.08 bits per heavy atom. The zero-order valence-electron chi connectivity index (χ0n) is 8.76. The van der Waals surface area contributed by atoms with Gasteiger partial charge in [0.05, 0.1) is 10.8 Å². The highest BCUT2D eigenvalue weighted by Gasteiger charge is 2.48. The van der Waals surface area contributed by atoms with Gasteiger partial charge in [-0.05, 0) is 27.7 Å². The number of nitrogens with one attached hydrogen (secondary N) is 1. The summed E-state index contributed by atoms with van der Waals surface area (Å²) in [4.78, 5) is 22.3. The first-order chi connectivity index (χ1) is 5.67. The van der Waals surface area contributed by atoms with Crippen molar-refractivity contribution in [3.05, 3.63) is 0 Å². The summed E-state index contributed by atoms with van der Waals surface area (Å²) in [7, 11) is 1.50. The molecule has 0 aromatic carbocycles. The maximum absolute atomic E-state index is 11.4. The van der Waals surface area contributed by atoms with Crippen molar-refractivity contribution in [3.8, 4) is 0 Å². The molecule has 0 radical (unpaired) electrons. The first-order valence-electron chi connectivity index (χ1n) is 4.13. The molecule has 0 atom stereocenters. The third-order valence-electron chi connectivity index (χ3n) is 2.89. The molecular formula is C9H17NO3. The lowest BCUT2D eigenvalue weighted by Crippen LogP contribution is -2.49. The first-order valence-corrected chi connectivity index (χ1v) is 4.13. The van der Waals surface area contributed by atoms with E-state index in [1.807, 2.05) is 0 Å². The summed E-state index contributed by atoms with van der Waals surface area (Å²) < 4.78 is 0. The van der Waals surface area contributed by atoms with Gasteiger partial charge in [0.2, 0.25) is 5.91 Å². The third-order valence-corrected chi connectivity index (χ3v) is 2.89. The van der Waals surface area contributed by atoms with Gasteiger partial charge in [0, 0.05) is 7.05 Å². The van der Waals surface area contributed by atoms with Gasteiger partial charge in [0.1, 0.15) is 0 Å². The van der Waals surface area contributed by atoms with E-state index in [2.05, 4.69) is 5.32 Å². The van der Waals surface area contributed by atoms with E-state index in [9.17, 15) is 9.59 Å². The number of hydrogen-bond donors (Lipinski definition) is 2. The molecule has 2 N–H and O–H groups in total. The van der Waals surface area contributed by atoms with E-state index < -0.39 is 16.8 Å². The fourth-order valence-corrected chi connectivity index (χ4v) is 0.864. The fourth-order valence-electron chi connectivity index (χ4n) is 0.864. The minimum atomic E-state index is -1.08. The van der Waals surface area contributed by atoms with Crippen LogP contribution in [0.2, 0.25) is 0 Å². The van der Waals surface area contributed by atoms with E-state index in [1.54, 1.807) is 27.7 Å². The van der Waals surface area contributed by atoms with Crippen molar-refractivity contribution in [2.45, 2.75) is 27.7 Å². The van der Waals surface area contributed by atoms with Gasteiger partial charge in [-0.3, -0.25) is 9.59 Å². The molecule has 0 saturated carbocycles. The van der Waals surface area contributed by atoms with Gasteiger partial charge in [-0.2, -0.15) is 0 Å². The molecule has 0 aliphatic heterocycles. The van der Waals surface area contributed by atoms with Crippen LogP contribution in [0, 0.1) is 10.8 Å². The number of carbonyl (C=O) groups excluding carboxylic acids is 1. The summed E-state index contributed by atoms with van der Waals surface area (Å²) in [5.74, 6) is -1.24. The van der Waals surface area contributed by atoms with Crippen LogP contribution in [0.5, 0.6) is 0 Å². The smallest absolute Gasteiger partial charge is 0.310 e. The van der Waals surface area contributed by atoms with Crippen LogP contribution < -0.4 is 5.32 Å². The average molecular weight is 187 g/mol. The molecule has 0 unspecified atom stereocenters. The Morgan fingerprint density at radius 3 is 1.69 bits per heavy atom. The molecule has 0 bridgehead atoms. The molecule has 0 rings (SSSR count). The minimum absolute atomic E-state index is 0.264. The number of aliphatic carboxylic acids is 1. The predicted molar refractivity (Wildman–Crippen MR) is 49.3 cm³/mol. The highest BCUT2D eigenvalue weighted by atomic mass is 16.4. The molecule has 0 fully saturated rings. The maximum atomic E-state index is 11.4. The molecule has 13 heavy (non-hydrogen) atoms. The van der Waals surface area contributed by atoms with Crippen LogP contribution in [0.4, 0.5) is 0 Å². The van der Waals surface area contributed by atoms with E-state index in [-0.39, 0.29) is 5.91 Å². The van der Waals surface area contributed by atoms with Gasteiger partial charge in [-0.25, -0.2) is 0 Å². The lowest BCUT2D eigenvalue weighted by molar-refractivity contribution is -0.159. The number of amides is 1. The molecule has 76 valence electrons. The minimum Gasteiger partial charge on any atom is -0.481 e. The van der Waals surface area contributed by atoms with Gasteiger partial charge >= 0.3 is 5.97 Å². The van der Waals surface area contributed by atoms with Crippen LogP contribution in [0.25, 0.3) is 0 Å². The molecule has 0 aromatic heterocycles. The standard InChI is InChI=1S/C9H17NO3/c1-8(2,6(11)10-5)9(3,4)7(12)13/h1-5H3,(H,10,11)(H,12,13). The normalized spacial score (nSPS) is 12.4. The second-order valence-electron chi connectivity index (χ2n) is 4.13. The molecule has 1 amide bonds. The van der Waals surface area contributed by atoms with Crippen LogP contribution in [0.15, 0.2) is 0 Å². The molecule has 0 saturated heterocycles. The fraction of sp³-hybridized carbons (Fsp3) is 0.778. The zero-order valence-corrected chi connectivity index (χ0v) is 8.76. The van der Waals surface area contributed by atoms with Gasteiger partial charge < -0.3 is 10.4 Å². The SMILES string of the molecule is CNC(=O)C(C)(C)C(C)(C)C(=O)O. The largest absolute Gasteiger partial charge is 0.481 e. The summed E-state index contributed by atoms with van der Waals surface area (Å²) in [6.45, 7) is 6.34. The number of carboxylic acid groups (broad SMARTS) is 1. The number of hydrogen-bond acceptors (Lipinski definition) is 2. The van der Waals surface area contributed by atoms with Crippen LogP contribution in [0.1, 0.15) is 27.7 Å². The zero-order chi connectivity index (χ0) is 10.9. The summed E-state index contributed by atoms with van der Waals surface area (Å²) in [5, 5.41) is 11.4. The Kier molecular flexibility index (Phi) is 3.08. The Morgan fingerprint density at radius 2 is 1.46 bits per heavy atom. The summed E-state index contributed by atoms with van der Waals surface area (Å²) in [5.41, 5.74) is -2.00. The number of rotatable bonds is 3. The van der Waals surface area contributed by atoms with E-state index >= 15 is 0 Å².